The number of benzene rings is 1. The maximum absolute atomic E-state index is 11.8. The van der Waals surface area contributed by atoms with Gasteiger partial charge in [-0.25, -0.2) is 0 Å². The van der Waals surface area contributed by atoms with Crippen molar-refractivity contribution in [3.8, 4) is 0 Å². The number of hydrogen-bond donors (Lipinski definition) is 2. The summed E-state index contributed by atoms with van der Waals surface area (Å²) in [4.78, 5) is 36.6. The Hall–Kier alpha value is -1.82. The Bertz CT molecular complexity index is 585. The SMILES string of the molecule is O=C1NC(=O)c2c1cccc2N1CC(S)CC1=O. The van der Waals surface area contributed by atoms with Crippen LogP contribution >= 0.6 is 12.6 Å². The number of hydrogen-bond acceptors (Lipinski definition) is 4. The second-order valence-electron chi connectivity index (χ2n) is 4.35. The second-order valence-corrected chi connectivity index (χ2v) is 5.08. The zero-order valence-corrected chi connectivity index (χ0v) is 10.2. The van der Waals surface area contributed by atoms with Gasteiger partial charge in [-0.05, 0) is 12.1 Å². The molecule has 0 aromatic heterocycles. The summed E-state index contributed by atoms with van der Waals surface area (Å²) in [7, 11) is 0. The number of carbonyl (C=O) groups is 3. The number of imide groups is 1. The molecular formula is C12H10N2O3S. The first-order valence-electron chi connectivity index (χ1n) is 5.55. The third-order valence-corrected chi connectivity index (χ3v) is 3.48. The van der Waals surface area contributed by atoms with Crippen LogP contribution in [0.5, 0.6) is 0 Å². The van der Waals surface area contributed by atoms with Crippen LogP contribution in [0.15, 0.2) is 18.2 Å². The first kappa shape index (κ1) is 11.3. The third-order valence-electron chi connectivity index (χ3n) is 3.14. The number of nitrogens with one attached hydrogen (secondary N) is 1. The Balaban J connectivity index is 2.12. The number of carbonyl (C=O) groups excluding carboxylic acids is 3. The van der Waals surface area contributed by atoms with Gasteiger partial charge in [-0.3, -0.25) is 19.7 Å². The van der Waals surface area contributed by atoms with E-state index in [-0.39, 0.29) is 11.2 Å². The standard InChI is InChI=1S/C12H10N2O3S/c15-9-4-6(18)5-14(9)8-3-1-2-7-10(8)12(17)13-11(7)16/h1-3,6,18H,4-5H2,(H,13,16,17). The van der Waals surface area contributed by atoms with E-state index >= 15 is 0 Å². The molecule has 0 spiro atoms. The average molecular weight is 262 g/mol. The summed E-state index contributed by atoms with van der Waals surface area (Å²) in [5, 5.41) is 2.20. The average Bonchev–Trinajstić information content (AvgIpc) is 2.80. The van der Waals surface area contributed by atoms with Crippen LogP contribution in [0.4, 0.5) is 5.69 Å². The van der Waals surface area contributed by atoms with E-state index in [0.29, 0.717) is 29.8 Å². The fraction of sp³-hybridized carbons (Fsp3) is 0.250. The van der Waals surface area contributed by atoms with Crippen molar-refractivity contribution in [2.45, 2.75) is 11.7 Å². The lowest BCUT2D eigenvalue weighted by Gasteiger charge is -2.18. The van der Waals surface area contributed by atoms with Gasteiger partial charge in [0.1, 0.15) is 0 Å². The molecule has 0 bridgehead atoms. The number of rotatable bonds is 1. The van der Waals surface area contributed by atoms with Crippen LogP contribution in [-0.2, 0) is 4.79 Å². The number of nitrogens with zero attached hydrogens (tertiary/aromatic N) is 1. The normalized spacial score (nSPS) is 22.4. The van der Waals surface area contributed by atoms with E-state index in [9.17, 15) is 14.4 Å². The lowest BCUT2D eigenvalue weighted by Crippen LogP contribution is -2.27. The maximum atomic E-state index is 11.8. The molecule has 6 heteroatoms. The zero-order valence-electron chi connectivity index (χ0n) is 9.34. The van der Waals surface area contributed by atoms with E-state index in [0.717, 1.165) is 0 Å². The van der Waals surface area contributed by atoms with E-state index < -0.39 is 11.8 Å². The van der Waals surface area contributed by atoms with Crippen LogP contribution in [-0.4, -0.2) is 29.5 Å². The molecule has 0 radical (unpaired) electrons. The van der Waals surface area contributed by atoms with Crippen LogP contribution in [0, 0.1) is 0 Å². The van der Waals surface area contributed by atoms with Gasteiger partial charge in [-0.15, -0.1) is 0 Å². The van der Waals surface area contributed by atoms with Gasteiger partial charge in [0.15, 0.2) is 0 Å². The predicted octanol–water partition coefficient (Wildman–Crippen LogP) is 0.605. The summed E-state index contributed by atoms with van der Waals surface area (Å²) in [6.07, 6.45) is 0.350. The van der Waals surface area contributed by atoms with Gasteiger partial charge in [-0.1, -0.05) is 6.07 Å². The molecule has 3 amide bonds. The molecule has 1 aromatic carbocycles. The summed E-state index contributed by atoms with van der Waals surface area (Å²) in [5.74, 6) is -0.928. The maximum Gasteiger partial charge on any atom is 0.261 e. The smallest absolute Gasteiger partial charge is 0.261 e. The van der Waals surface area contributed by atoms with Crippen LogP contribution in [0.2, 0.25) is 0 Å². The van der Waals surface area contributed by atoms with E-state index in [2.05, 4.69) is 17.9 Å². The van der Waals surface area contributed by atoms with Crippen LogP contribution in [0.1, 0.15) is 27.1 Å². The molecule has 18 heavy (non-hydrogen) atoms. The summed E-state index contributed by atoms with van der Waals surface area (Å²) in [6.45, 7) is 0.458. The van der Waals surface area contributed by atoms with Crippen molar-refractivity contribution >= 4 is 36.0 Å². The highest BCUT2D eigenvalue weighted by atomic mass is 32.1. The molecule has 0 aliphatic carbocycles. The molecule has 2 aliphatic heterocycles. The minimum Gasteiger partial charge on any atom is -0.310 e. The quantitative estimate of drug-likeness (QED) is 0.575. The fourth-order valence-corrected chi connectivity index (χ4v) is 2.67. The number of anilines is 1. The predicted molar refractivity (Wildman–Crippen MR) is 68.0 cm³/mol. The van der Waals surface area contributed by atoms with Gasteiger partial charge in [0.25, 0.3) is 11.8 Å². The molecule has 92 valence electrons. The van der Waals surface area contributed by atoms with Crippen molar-refractivity contribution in [1.29, 1.82) is 0 Å². The van der Waals surface area contributed by atoms with Crippen molar-refractivity contribution < 1.29 is 14.4 Å². The van der Waals surface area contributed by atoms with Crippen LogP contribution in [0.3, 0.4) is 0 Å². The van der Waals surface area contributed by atoms with Crippen molar-refractivity contribution in [1.82, 2.24) is 5.32 Å². The molecule has 2 heterocycles. The van der Waals surface area contributed by atoms with E-state index in [1.165, 1.54) is 4.90 Å². The van der Waals surface area contributed by atoms with Gasteiger partial charge in [-0.2, -0.15) is 12.6 Å². The lowest BCUT2D eigenvalue weighted by atomic mass is 10.1. The minimum atomic E-state index is -0.444. The molecule has 1 aromatic rings. The molecule has 1 N–H and O–H groups in total. The van der Waals surface area contributed by atoms with E-state index in [1.807, 2.05) is 0 Å². The topological polar surface area (TPSA) is 66.5 Å². The summed E-state index contributed by atoms with van der Waals surface area (Å²) in [6, 6.07) is 4.93. The Kier molecular flexibility index (Phi) is 2.41. The van der Waals surface area contributed by atoms with Gasteiger partial charge < -0.3 is 4.90 Å². The van der Waals surface area contributed by atoms with Crippen molar-refractivity contribution in [3.05, 3.63) is 29.3 Å². The number of fused-ring (bicyclic) bond motifs is 1. The molecular weight excluding hydrogens is 252 g/mol. The minimum absolute atomic E-state index is 0.0338. The summed E-state index contributed by atoms with van der Waals surface area (Å²) in [5.41, 5.74) is 1.11. The van der Waals surface area contributed by atoms with Gasteiger partial charge >= 0.3 is 0 Å². The van der Waals surface area contributed by atoms with Crippen molar-refractivity contribution in [3.63, 3.8) is 0 Å². The van der Waals surface area contributed by atoms with Gasteiger partial charge in [0.2, 0.25) is 5.91 Å². The highest BCUT2D eigenvalue weighted by Crippen LogP contribution is 2.31. The third kappa shape index (κ3) is 1.53. The van der Waals surface area contributed by atoms with E-state index in [1.54, 1.807) is 18.2 Å². The molecule has 1 atom stereocenters. The summed E-state index contributed by atoms with van der Waals surface area (Å²) < 4.78 is 0. The monoisotopic (exact) mass is 262 g/mol. The second kappa shape index (κ2) is 3.84. The van der Waals surface area contributed by atoms with E-state index in [4.69, 9.17) is 0 Å². The number of thiol groups is 1. The van der Waals surface area contributed by atoms with Gasteiger partial charge in [0.05, 0.1) is 16.8 Å². The highest BCUT2D eigenvalue weighted by molar-refractivity contribution is 7.81. The molecule has 1 fully saturated rings. The first-order valence-corrected chi connectivity index (χ1v) is 6.06. The lowest BCUT2D eigenvalue weighted by molar-refractivity contribution is -0.117. The molecule has 3 rings (SSSR count). The molecule has 1 unspecified atom stereocenters. The molecule has 1 saturated heterocycles. The Morgan fingerprint density at radius 1 is 1.22 bits per heavy atom. The molecule has 2 aliphatic rings. The Morgan fingerprint density at radius 2 is 2.00 bits per heavy atom. The molecule has 5 nitrogen and oxygen atoms in total. The Labute approximate surface area is 109 Å². The van der Waals surface area contributed by atoms with Crippen molar-refractivity contribution in [2.75, 3.05) is 11.4 Å². The van der Waals surface area contributed by atoms with Crippen molar-refractivity contribution in [2.24, 2.45) is 0 Å². The summed E-state index contributed by atoms with van der Waals surface area (Å²) >= 11 is 4.28. The largest absolute Gasteiger partial charge is 0.310 e. The first-order chi connectivity index (χ1) is 8.58. The highest BCUT2D eigenvalue weighted by Gasteiger charge is 2.35. The fourth-order valence-electron chi connectivity index (χ4n) is 2.35. The van der Waals surface area contributed by atoms with Gasteiger partial charge in [0, 0.05) is 18.2 Å². The number of amides is 3. The van der Waals surface area contributed by atoms with Crippen LogP contribution in [0.25, 0.3) is 0 Å². The van der Waals surface area contributed by atoms with Crippen LogP contribution < -0.4 is 10.2 Å². The molecule has 0 saturated carbocycles. The Morgan fingerprint density at radius 3 is 2.67 bits per heavy atom. The zero-order chi connectivity index (χ0) is 12.9.